The van der Waals surface area contributed by atoms with Gasteiger partial charge in [0.15, 0.2) is 17.8 Å². The maximum atomic E-state index is 14.2. The summed E-state index contributed by atoms with van der Waals surface area (Å²) < 4.78 is 15.8. The highest BCUT2D eigenvalue weighted by molar-refractivity contribution is 5.24. The van der Waals surface area contributed by atoms with Crippen molar-refractivity contribution in [3.63, 3.8) is 0 Å². The van der Waals surface area contributed by atoms with E-state index in [1.165, 1.54) is 0 Å². The first-order valence-electron chi connectivity index (χ1n) is 6.91. The van der Waals surface area contributed by atoms with Crippen molar-refractivity contribution in [2.24, 2.45) is 0 Å². The molecule has 3 rings (SSSR count). The molecule has 2 heterocycles. The van der Waals surface area contributed by atoms with Gasteiger partial charge in [-0.2, -0.15) is 5.10 Å². The maximum Gasteiger partial charge on any atom is 0.182 e. The normalized spacial score (nSPS) is 24.4. The van der Waals surface area contributed by atoms with Gasteiger partial charge < -0.3 is 5.11 Å². The lowest BCUT2D eigenvalue weighted by Gasteiger charge is -2.17. The zero-order chi connectivity index (χ0) is 14.3. The van der Waals surface area contributed by atoms with Gasteiger partial charge >= 0.3 is 0 Å². The van der Waals surface area contributed by atoms with E-state index in [1.807, 2.05) is 37.3 Å². The Hall–Kier alpha value is -1.75. The number of alkyl halides is 1. The summed E-state index contributed by atoms with van der Waals surface area (Å²) >= 11 is 0. The molecule has 1 aromatic carbocycles. The minimum Gasteiger partial charge on any atom is -0.382 e. The molecule has 1 aromatic heterocycles. The summed E-state index contributed by atoms with van der Waals surface area (Å²) in [6.07, 6.45) is -0.286. The van der Waals surface area contributed by atoms with E-state index in [1.54, 1.807) is 11.6 Å². The van der Waals surface area contributed by atoms with Crippen LogP contribution in [-0.4, -0.2) is 19.9 Å². The minimum absolute atomic E-state index is 0.143. The number of fused-ring (bicyclic) bond motifs is 1. The molecule has 2 aromatic rings. The number of halogens is 1. The molecule has 106 valence electrons. The molecule has 0 spiro atoms. The van der Waals surface area contributed by atoms with E-state index in [9.17, 15) is 9.50 Å². The van der Waals surface area contributed by atoms with Crippen LogP contribution in [0.2, 0.25) is 0 Å². The number of hydrogen-bond donors (Lipinski definition) is 1. The van der Waals surface area contributed by atoms with Crippen molar-refractivity contribution in [1.82, 2.24) is 14.8 Å². The molecule has 0 fully saturated rings. The van der Waals surface area contributed by atoms with Gasteiger partial charge in [-0.15, -0.1) is 0 Å². The van der Waals surface area contributed by atoms with Crippen LogP contribution in [0.5, 0.6) is 0 Å². The zero-order valence-corrected chi connectivity index (χ0v) is 11.6. The molecular weight excluding hydrogens is 257 g/mol. The third kappa shape index (κ3) is 2.02. The second-order valence-electron chi connectivity index (χ2n) is 5.50. The molecule has 0 amide bonds. The smallest absolute Gasteiger partial charge is 0.182 e. The summed E-state index contributed by atoms with van der Waals surface area (Å²) in [6.45, 7) is 3.51. The molecule has 1 unspecified atom stereocenters. The quantitative estimate of drug-likeness (QED) is 0.937. The lowest BCUT2D eigenvalue weighted by Crippen LogP contribution is -2.22. The maximum absolute atomic E-state index is 14.2. The molecule has 1 N–H and O–H groups in total. The fourth-order valence-electron chi connectivity index (χ4n) is 2.52. The van der Waals surface area contributed by atoms with Crippen LogP contribution in [0.4, 0.5) is 4.39 Å². The molecule has 0 saturated heterocycles. The Morgan fingerprint density at radius 3 is 2.75 bits per heavy atom. The van der Waals surface area contributed by atoms with Crippen molar-refractivity contribution in [2.45, 2.75) is 44.5 Å². The lowest BCUT2D eigenvalue weighted by molar-refractivity contribution is 0.0430. The Morgan fingerprint density at radius 2 is 2.10 bits per heavy atom. The van der Waals surface area contributed by atoms with E-state index in [0.717, 1.165) is 5.56 Å². The van der Waals surface area contributed by atoms with Crippen LogP contribution >= 0.6 is 0 Å². The molecule has 1 aliphatic heterocycles. The number of nitrogens with zero attached hydrogens (tertiary/aromatic N) is 3. The van der Waals surface area contributed by atoms with Crippen LogP contribution in [0.15, 0.2) is 30.3 Å². The third-order valence-corrected chi connectivity index (χ3v) is 4.02. The summed E-state index contributed by atoms with van der Waals surface area (Å²) in [4.78, 5) is 4.22. The molecule has 3 atom stereocenters. The fourth-order valence-corrected chi connectivity index (χ4v) is 2.52. The number of rotatable bonds is 3. The number of benzene rings is 1. The minimum atomic E-state index is -1.13. The molecule has 0 radical (unpaired) electrons. The predicted molar refractivity (Wildman–Crippen MR) is 72.9 cm³/mol. The van der Waals surface area contributed by atoms with Crippen LogP contribution in [0.1, 0.15) is 56.1 Å². The Labute approximate surface area is 117 Å². The van der Waals surface area contributed by atoms with Gasteiger partial charge in [0.05, 0.1) is 6.04 Å². The van der Waals surface area contributed by atoms with E-state index < -0.39 is 11.8 Å². The van der Waals surface area contributed by atoms with Gasteiger partial charge in [-0.3, -0.25) is 0 Å². The van der Waals surface area contributed by atoms with Crippen LogP contribution in [0, 0.1) is 0 Å². The van der Waals surface area contributed by atoms with Crippen LogP contribution in [0.25, 0.3) is 0 Å². The van der Waals surface area contributed by atoms with E-state index >= 15 is 0 Å². The van der Waals surface area contributed by atoms with Gasteiger partial charge in [0.25, 0.3) is 0 Å². The van der Waals surface area contributed by atoms with E-state index in [2.05, 4.69) is 10.1 Å². The third-order valence-electron chi connectivity index (χ3n) is 4.02. The fraction of sp³-hybridized carbons (Fsp3) is 0.467. The first-order valence-corrected chi connectivity index (χ1v) is 6.91. The standard InChI is InChI=1S/C15H18FN3O/c1-3-15(2,20)14-17-13-11(16)9-12(19(13)18-14)10-7-5-4-6-8-10/h4-8,11-12,20H,3,9H2,1-2H3/t11-,12-,15?/m0/s1. The lowest BCUT2D eigenvalue weighted by atomic mass is 10.0. The Balaban J connectivity index is 2.02. The average molecular weight is 275 g/mol. The van der Waals surface area contributed by atoms with Crippen molar-refractivity contribution in [3.8, 4) is 0 Å². The Bertz CT molecular complexity index is 609. The summed E-state index contributed by atoms with van der Waals surface area (Å²) in [5, 5.41) is 14.6. The second-order valence-corrected chi connectivity index (χ2v) is 5.50. The molecular formula is C15H18FN3O. The van der Waals surface area contributed by atoms with Crippen molar-refractivity contribution in [1.29, 1.82) is 0 Å². The van der Waals surface area contributed by atoms with Crippen LogP contribution < -0.4 is 0 Å². The van der Waals surface area contributed by atoms with Crippen molar-refractivity contribution >= 4 is 0 Å². The predicted octanol–water partition coefficient (Wildman–Crippen LogP) is 2.90. The summed E-state index contributed by atoms with van der Waals surface area (Å²) in [7, 11) is 0. The molecule has 4 nitrogen and oxygen atoms in total. The number of aliphatic hydroxyl groups is 1. The van der Waals surface area contributed by atoms with Gasteiger partial charge in [-0.05, 0) is 18.9 Å². The van der Waals surface area contributed by atoms with Crippen LogP contribution in [0.3, 0.4) is 0 Å². The average Bonchev–Trinajstić information content (AvgIpc) is 3.01. The number of hydrogen-bond acceptors (Lipinski definition) is 3. The monoisotopic (exact) mass is 275 g/mol. The first-order chi connectivity index (χ1) is 9.53. The van der Waals surface area contributed by atoms with Crippen molar-refractivity contribution in [3.05, 3.63) is 47.5 Å². The van der Waals surface area contributed by atoms with E-state index in [-0.39, 0.29) is 6.04 Å². The summed E-state index contributed by atoms with van der Waals surface area (Å²) in [5.41, 5.74) is -0.0975. The van der Waals surface area contributed by atoms with Crippen LogP contribution in [-0.2, 0) is 5.60 Å². The number of aromatic nitrogens is 3. The van der Waals surface area contributed by atoms with Gasteiger partial charge in [0.1, 0.15) is 5.60 Å². The molecule has 0 aliphatic carbocycles. The zero-order valence-electron chi connectivity index (χ0n) is 11.6. The highest BCUT2D eigenvalue weighted by Crippen LogP contribution is 2.40. The molecule has 0 bridgehead atoms. The summed E-state index contributed by atoms with van der Waals surface area (Å²) in [6, 6.07) is 9.58. The largest absolute Gasteiger partial charge is 0.382 e. The van der Waals surface area contributed by atoms with Gasteiger partial charge in [-0.1, -0.05) is 37.3 Å². The summed E-state index contributed by atoms with van der Waals surface area (Å²) in [5.74, 6) is 0.626. The highest BCUT2D eigenvalue weighted by Gasteiger charge is 2.38. The van der Waals surface area contributed by atoms with E-state index in [0.29, 0.717) is 24.5 Å². The van der Waals surface area contributed by atoms with Crippen molar-refractivity contribution < 1.29 is 9.50 Å². The SMILES string of the molecule is CCC(C)(O)c1nc2n(n1)[C@H](c1ccccc1)C[C@@H]2F. The van der Waals surface area contributed by atoms with Gasteiger partial charge in [0, 0.05) is 6.42 Å². The Morgan fingerprint density at radius 1 is 1.40 bits per heavy atom. The van der Waals surface area contributed by atoms with Gasteiger partial charge in [0.2, 0.25) is 0 Å². The Kier molecular flexibility index (Phi) is 3.09. The molecule has 1 aliphatic rings. The highest BCUT2D eigenvalue weighted by atomic mass is 19.1. The van der Waals surface area contributed by atoms with E-state index in [4.69, 9.17) is 0 Å². The van der Waals surface area contributed by atoms with Gasteiger partial charge in [-0.25, -0.2) is 14.1 Å². The second kappa shape index (κ2) is 4.66. The molecule has 20 heavy (non-hydrogen) atoms. The first kappa shape index (κ1) is 13.2. The van der Waals surface area contributed by atoms with Crippen molar-refractivity contribution in [2.75, 3.05) is 0 Å². The molecule has 5 heteroatoms. The topological polar surface area (TPSA) is 50.9 Å². The molecule has 0 saturated carbocycles.